The SMILES string of the molecule is C1CCC2=NCCCN2CC1.CN1CCOCC1. The number of nitrogens with zero attached hydrogens (tertiary/aromatic N) is 3. The molecule has 4 nitrogen and oxygen atoms in total. The van der Waals surface area contributed by atoms with Crippen molar-refractivity contribution in [1.29, 1.82) is 0 Å². The van der Waals surface area contributed by atoms with Gasteiger partial charge in [0.05, 0.1) is 19.0 Å². The van der Waals surface area contributed by atoms with Crippen LogP contribution in [-0.4, -0.2) is 68.6 Å². The highest BCUT2D eigenvalue weighted by Crippen LogP contribution is 2.15. The summed E-state index contributed by atoms with van der Waals surface area (Å²) in [5.41, 5.74) is 0. The molecule has 0 amide bonds. The van der Waals surface area contributed by atoms with E-state index in [9.17, 15) is 0 Å². The van der Waals surface area contributed by atoms with E-state index in [-0.39, 0.29) is 0 Å². The summed E-state index contributed by atoms with van der Waals surface area (Å²) in [4.78, 5) is 9.30. The third kappa shape index (κ3) is 4.58. The molecule has 0 bridgehead atoms. The predicted molar refractivity (Wildman–Crippen MR) is 75.3 cm³/mol. The highest BCUT2D eigenvalue weighted by Gasteiger charge is 2.16. The number of fused-ring (bicyclic) bond motifs is 1. The molecule has 0 saturated carbocycles. The van der Waals surface area contributed by atoms with E-state index in [1.807, 2.05) is 0 Å². The van der Waals surface area contributed by atoms with Gasteiger partial charge in [-0.15, -0.1) is 0 Å². The van der Waals surface area contributed by atoms with Gasteiger partial charge < -0.3 is 14.5 Å². The Morgan fingerprint density at radius 1 is 0.944 bits per heavy atom. The monoisotopic (exact) mass is 253 g/mol. The maximum Gasteiger partial charge on any atom is 0.0988 e. The lowest BCUT2D eigenvalue weighted by molar-refractivity contribution is 0.0503. The van der Waals surface area contributed by atoms with Crippen molar-refractivity contribution in [2.45, 2.75) is 32.1 Å². The molecule has 0 N–H and O–H groups in total. The normalized spacial score (nSPS) is 25.4. The lowest BCUT2D eigenvalue weighted by atomic mass is 10.2. The van der Waals surface area contributed by atoms with Crippen molar-refractivity contribution in [3.63, 3.8) is 0 Å². The maximum atomic E-state index is 5.10. The molecule has 2 saturated heterocycles. The summed E-state index contributed by atoms with van der Waals surface area (Å²) in [5.74, 6) is 1.40. The summed E-state index contributed by atoms with van der Waals surface area (Å²) in [7, 11) is 2.11. The quantitative estimate of drug-likeness (QED) is 0.656. The van der Waals surface area contributed by atoms with Gasteiger partial charge in [-0.05, 0) is 26.3 Å². The summed E-state index contributed by atoms with van der Waals surface area (Å²) in [6, 6.07) is 0. The van der Waals surface area contributed by atoms with Gasteiger partial charge in [0.15, 0.2) is 0 Å². The van der Waals surface area contributed by atoms with E-state index in [0.717, 1.165) is 32.8 Å². The number of hydrogen-bond donors (Lipinski definition) is 0. The fraction of sp³-hybridized carbons (Fsp3) is 0.929. The Morgan fingerprint density at radius 3 is 2.44 bits per heavy atom. The second kappa shape index (κ2) is 7.74. The zero-order chi connectivity index (χ0) is 12.6. The van der Waals surface area contributed by atoms with Crippen LogP contribution in [0, 0.1) is 0 Å². The molecule has 3 heterocycles. The predicted octanol–water partition coefficient (Wildman–Crippen LogP) is 1.61. The Morgan fingerprint density at radius 2 is 1.72 bits per heavy atom. The molecule has 0 radical (unpaired) electrons. The van der Waals surface area contributed by atoms with Crippen LogP contribution >= 0.6 is 0 Å². The Hall–Kier alpha value is -0.610. The summed E-state index contributed by atoms with van der Waals surface area (Å²) in [5, 5.41) is 0. The van der Waals surface area contributed by atoms with Crippen LogP contribution in [0.1, 0.15) is 32.1 Å². The summed E-state index contributed by atoms with van der Waals surface area (Å²) >= 11 is 0. The van der Waals surface area contributed by atoms with Crippen LogP contribution in [0.15, 0.2) is 4.99 Å². The molecular formula is C14H27N3O. The molecule has 3 aliphatic rings. The van der Waals surface area contributed by atoms with Crippen LogP contribution in [0.3, 0.4) is 0 Å². The Bertz CT molecular complexity index is 262. The summed E-state index contributed by atoms with van der Waals surface area (Å²) < 4.78 is 5.10. The van der Waals surface area contributed by atoms with E-state index in [1.54, 1.807) is 0 Å². The van der Waals surface area contributed by atoms with Crippen LogP contribution in [0.25, 0.3) is 0 Å². The molecule has 18 heavy (non-hydrogen) atoms. The fourth-order valence-corrected chi connectivity index (χ4v) is 2.59. The average molecular weight is 253 g/mol. The molecule has 0 atom stereocenters. The molecular weight excluding hydrogens is 226 g/mol. The molecule has 3 aliphatic heterocycles. The minimum atomic E-state index is 0.913. The standard InChI is InChI=1S/C9H16N2.C5H11NO/c1-2-5-9-10-6-4-8-11(9)7-3-1;1-6-2-4-7-5-3-6/h1-8H2;2-5H2,1H3. The van der Waals surface area contributed by atoms with Gasteiger partial charge in [-0.2, -0.15) is 0 Å². The third-order valence-electron chi connectivity index (χ3n) is 3.81. The number of rotatable bonds is 0. The zero-order valence-electron chi connectivity index (χ0n) is 11.7. The van der Waals surface area contributed by atoms with Crippen LogP contribution < -0.4 is 0 Å². The Balaban J connectivity index is 0.000000149. The third-order valence-corrected chi connectivity index (χ3v) is 3.81. The molecule has 0 aromatic rings. The van der Waals surface area contributed by atoms with Gasteiger partial charge in [0, 0.05) is 39.1 Å². The van der Waals surface area contributed by atoms with Gasteiger partial charge in [0.1, 0.15) is 0 Å². The first-order valence-electron chi connectivity index (χ1n) is 7.41. The van der Waals surface area contributed by atoms with E-state index < -0.39 is 0 Å². The van der Waals surface area contributed by atoms with E-state index in [4.69, 9.17) is 4.74 Å². The maximum absolute atomic E-state index is 5.10. The first kappa shape index (κ1) is 13.8. The average Bonchev–Trinajstić information content (AvgIpc) is 2.65. The van der Waals surface area contributed by atoms with Crippen LogP contribution in [-0.2, 0) is 4.74 Å². The summed E-state index contributed by atoms with van der Waals surface area (Å²) in [6.07, 6.45) is 6.63. The van der Waals surface area contributed by atoms with Crippen molar-refractivity contribution in [2.24, 2.45) is 4.99 Å². The van der Waals surface area contributed by atoms with Gasteiger partial charge in [-0.3, -0.25) is 4.99 Å². The van der Waals surface area contributed by atoms with Crippen molar-refractivity contribution in [1.82, 2.24) is 9.80 Å². The van der Waals surface area contributed by atoms with Crippen molar-refractivity contribution in [2.75, 3.05) is 53.0 Å². The van der Waals surface area contributed by atoms with E-state index >= 15 is 0 Å². The summed E-state index contributed by atoms with van der Waals surface area (Å²) in [6.45, 7) is 7.62. The first-order chi connectivity index (χ1) is 8.86. The second-order valence-corrected chi connectivity index (χ2v) is 5.36. The topological polar surface area (TPSA) is 28.1 Å². The largest absolute Gasteiger partial charge is 0.379 e. The van der Waals surface area contributed by atoms with Crippen LogP contribution in [0.2, 0.25) is 0 Å². The number of hydrogen-bond acceptors (Lipinski definition) is 4. The minimum absolute atomic E-state index is 0.913. The number of likely N-dealkylation sites (N-methyl/N-ethyl adjacent to an activating group) is 1. The molecule has 0 aromatic carbocycles. The van der Waals surface area contributed by atoms with Crippen molar-refractivity contribution in [3.8, 4) is 0 Å². The van der Waals surface area contributed by atoms with E-state index in [1.165, 1.54) is 51.0 Å². The lowest BCUT2D eigenvalue weighted by Crippen LogP contribution is -2.34. The second-order valence-electron chi connectivity index (χ2n) is 5.36. The smallest absolute Gasteiger partial charge is 0.0988 e. The molecule has 0 aliphatic carbocycles. The lowest BCUT2D eigenvalue weighted by Gasteiger charge is -2.27. The van der Waals surface area contributed by atoms with Gasteiger partial charge in [0.25, 0.3) is 0 Å². The van der Waals surface area contributed by atoms with E-state index in [2.05, 4.69) is 21.8 Å². The van der Waals surface area contributed by atoms with E-state index in [0.29, 0.717) is 0 Å². The Labute approximate surface area is 111 Å². The van der Waals surface area contributed by atoms with Gasteiger partial charge in [0.2, 0.25) is 0 Å². The number of aliphatic imine (C=N–C) groups is 1. The fourth-order valence-electron chi connectivity index (χ4n) is 2.59. The van der Waals surface area contributed by atoms with Crippen molar-refractivity contribution >= 4 is 5.84 Å². The molecule has 0 unspecified atom stereocenters. The van der Waals surface area contributed by atoms with Crippen molar-refractivity contribution in [3.05, 3.63) is 0 Å². The molecule has 0 aromatic heterocycles. The van der Waals surface area contributed by atoms with Crippen LogP contribution in [0.5, 0.6) is 0 Å². The first-order valence-corrected chi connectivity index (χ1v) is 7.41. The van der Waals surface area contributed by atoms with Gasteiger partial charge in [-0.1, -0.05) is 6.42 Å². The van der Waals surface area contributed by atoms with Crippen molar-refractivity contribution < 1.29 is 4.74 Å². The Kier molecular flexibility index (Phi) is 5.94. The number of morpholine rings is 1. The highest BCUT2D eigenvalue weighted by molar-refractivity contribution is 5.83. The number of amidine groups is 1. The molecule has 0 spiro atoms. The van der Waals surface area contributed by atoms with Crippen LogP contribution in [0.4, 0.5) is 0 Å². The zero-order valence-corrected chi connectivity index (χ0v) is 11.7. The number of ether oxygens (including phenoxy) is 1. The van der Waals surface area contributed by atoms with Gasteiger partial charge in [-0.25, -0.2) is 0 Å². The molecule has 3 rings (SSSR count). The van der Waals surface area contributed by atoms with Gasteiger partial charge >= 0.3 is 0 Å². The molecule has 104 valence electrons. The molecule has 4 heteroatoms. The minimum Gasteiger partial charge on any atom is -0.379 e. The highest BCUT2D eigenvalue weighted by atomic mass is 16.5. The molecule has 2 fully saturated rings.